The lowest BCUT2D eigenvalue weighted by Gasteiger charge is -2.45. The topological polar surface area (TPSA) is 81.6 Å². The normalized spacial score (nSPS) is 25.9. The second-order valence-corrected chi connectivity index (χ2v) is 7.97. The quantitative estimate of drug-likeness (QED) is 0.570. The van der Waals surface area contributed by atoms with Gasteiger partial charge in [-0.15, -0.1) is 0 Å². The summed E-state index contributed by atoms with van der Waals surface area (Å²) in [7, 11) is 0. The molecule has 4 N–H and O–H groups in total. The molecule has 1 aliphatic heterocycles. The third-order valence-corrected chi connectivity index (χ3v) is 5.98. The highest BCUT2D eigenvalue weighted by atomic mass is 35.5. The van der Waals surface area contributed by atoms with E-state index >= 15 is 0 Å². The average Bonchev–Trinajstić information content (AvgIpc) is 3.01. The van der Waals surface area contributed by atoms with Crippen LogP contribution in [0.25, 0.3) is 0 Å². The molecule has 5 nitrogen and oxygen atoms in total. The number of alkyl halides is 3. The number of fused-ring (bicyclic) bond motifs is 2. The standard InChI is InChI=1S/C20H18ClF3N2O3/c1-9-8-19(29,20(22,23)24)18(10-5-6-12(21)17(28)16(9)10)26-14-4-2-3-13-11(14)7-15(27)25-13/h2-6,9,18,26,28-29H,7-8H2,1H3,(H,25,27)/t9-,18-,19+/m0/s1. The van der Waals surface area contributed by atoms with Crippen LogP contribution >= 0.6 is 11.6 Å². The Bertz CT molecular complexity index is 1010. The van der Waals surface area contributed by atoms with Crippen molar-refractivity contribution in [3.05, 3.63) is 52.0 Å². The van der Waals surface area contributed by atoms with E-state index in [1.165, 1.54) is 19.1 Å². The maximum absolute atomic E-state index is 14.0. The van der Waals surface area contributed by atoms with Gasteiger partial charge in [0.2, 0.25) is 5.91 Å². The van der Waals surface area contributed by atoms with E-state index in [1.54, 1.807) is 18.2 Å². The minimum absolute atomic E-state index is 0.0187. The van der Waals surface area contributed by atoms with Crippen molar-refractivity contribution in [2.24, 2.45) is 0 Å². The number of phenolic OH excluding ortho intramolecular Hbond substituents is 1. The molecule has 0 spiro atoms. The van der Waals surface area contributed by atoms with Crippen molar-refractivity contribution in [2.75, 3.05) is 10.6 Å². The van der Waals surface area contributed by atoms with Crippen molar-refractivity contribution in [3.63, 3.8) is 0 Å². The fourth-order valence-electron chi connectivity index (χ4n) is 4.33. The highest BCUT2D eigenvalue weighted by Crippen LogP contribution is 2.55. The van der Waals surface area contributed by atoms with E-state index < -0.39 is 30.2 Å². The van der Waals surface area contributed by atoms with Crippen LogP contribution in [0, 0.1) is 0 Å². The van der Waals surface area contributed by atoms with Gasteiger partial charge in [-0.1, -0.05) is 30.7 Å². The summed E-state index contributed by atoms with van der Waals surface area (Å²) in [6.45, 7) is 1.50. The Morgan fingerprint density at radius 2 is 2.00 bits per heavy atom. The molecule has 1 amide bonds. The summed E-state index contributed by atoms with van der Waals surface area (Å²) >= 11 is 5.97. The zero-order valence-electron chi connectivity index (χ0n) is 15.3. The molecule has 0 saturated heterocycles. The molecular formula is C20H18ClF3N2O3. The molecule has 2 aromatic rings. The zero-order chi connectivity index (χ0) is 21.1. The predicted octanol–water partition coefficient (Wildman–Crippen LogP) is 4.49. The van der Waals surface area contributed by atoms with E-state index in [0.29, 0.717) is 16.9 Å². The molecule has 0 bridgehead atoms. The first-order valence-corrected chi connectivity index (χ1v) is 9.39. The Kier molecular flexibility index (Phi) is 4.47. The highest BCUT2D eigenvalue weighted by molar-refractivity contribution is 6.32. The molecule has 4 rings (SSSR count). The number of anilines is 2. The lowest BCUT2D eigenvalue weighted by Crippen LogP contribution is -2.55. The van der Waals surface area contributed by atoms with Crippen LogP contribution in [0.3, 0.4) is 0 Å². The lowest BCUT2D eigenvalue weighted by atomic mass is 9.70. The predicted molar refractivity (Wildman–Crippen MR) is 102 cm³/mol. The van der Waals surface area contributed by atoms with Crippen LogP contribution in [-0.2, 0) is 11.2 Å². The first-order valence-electron chi connectivity index (χ1n) is 9.01. The van der Waals surface area contributed by atoms with Gasteiger partial charge in [-0.25, -0.2) is 0 Å². The van der Waals surface area contributed by atoms with Crippen molar-refractivity contribution >= 4 is 28.9 Å². The minimum Gasteiger partial charge on any atom is -0.506 e. The molecule has 29 heavy (non-hydrogen) atoms. The number of nitrogens with one attached hydrogen (secondary N) is 2. The molecule has 9 heteroatoms. The summed E-state index contributed by atoms with van der Waals surface area (Å²) < 4.78 is 42.0. The molecule has 1 heterocycles. The van der Waals surface area contributed by atoms with Crippen molar-refractivity contribution in [1.82, 2.24) is 0 Å². The molecule has 154 valence electrons. The van der Waals surface area contributed by atoms with Gasteiger partial charge in [0.1, 0.15) is 5.75 Å². The van der Waals surface area contributed by atoms with E-state index in [0.717, 1.165) is 0 Å². The molecular weight excluding hydrogens is 409 g/mol. The van der Waals surface area contributed by atoms with E-state index in [2.05, 4.69) is 10.6 Å². The van der Waals surface area contributed by atoms with Crippen LogP contribution < -0.4 is 10.6 Å². The van der Waals surface area contributed by atoms with Gasteiger partial charge >= 0.3 is 6.18 Å². The van der Waals surface area contributed by atoms with Crippen LogP contribution in [-0.4, -0.2) is 27.9 Å². The molecule has 0 fully saturated rings. The third-order valence-electron chi connectivity index (χ3n) is 5.68. The van der Waals surface area contributed by atoms with Gasteiger partial charge in [0.15, 0.2) is 5.60 Å². The summed E-state index contributed by atoms with van der Waals surface area (Å²) in [6, 6.07) is 5.91. The van der Waals surface area contributed by atoms with Gasteiger partial charge in [-0.2, -0.15) is 13.2 Å². The molecule has 1 aliphatic carbocycles. The van der Waals surface area contributed by atoms with Gasteiger partial charge in [-0.3, -0.25) is 4.79 Å². The lowest BCUT2D eigenvalue weighted by molar-refractivity contribution is -0.272. The molecule has 2 aromatic carbocycles. The maximum atomic E-state index is 14.0. The maximum Gasteiger partial charge on any atom is 0.419 e. The molecule has 0 radical (unpaired) electrons. The molecule has 2 aliphatic rings. The van der Waals surface area contributed by atoms with Crippen LogP contribution in [0.15, 0.2) is 30.3 Å². The van der Waals surface area contributed by atoms with E-state index in [-0.39, 0.29) is 34.2 Å². The first kappa shape index (κ1) is 19.8. The number of carbonyl (C=O) groups excluding carboxylic acids is 1. The number of carbonyl (C=O) groups is 1. The minimum atomic E-state index is -4.93. The SMILES string of the molecule is C[C@H]1C[C@](O)(C(F)(F)F)[C@@H](Nc2cccc3c2CC(=O)N3)c2ccc(Cl)c(O)c21. The van der Waals surface area contributed by atoms with Gasteiger partial charge in [-0.05, 0) is 36.1 Å². The van der Waals surface area contributed by atoms with E-state index in [4.69, 9.17) is 11.6 Å². The summed E-state index contributed by atoms with van der Waals surface area (Å²) in [5.74, 6) is -1.33. The van der Waals surface area contributed by atoms with Crippen molar-refractivity contribution in [2.45, 2.75) is 43.5 Å². The summed E-state index contributed by atoms with van der Waals surface area (Å²) in [5, 5.41) is 26.7. The second kappa shape index (κ2) is 6.53. The fourth-order valence-corrected chi connectivity index (χ4v) is 4.49. The fraction of sp³-hybridized carbons (Fsp3) is 0.350. The number of halogens is 4. The summed E-state index contributed by atoms with van der Waals surface area (Å²) in [6.07, 6.45) is -5.57. The number of hydrogen-bond donors (Lipinski definition) is 4. The molecule has 0 saturated carbocycles. The Morgan fingerprint density at radius 3 is 2.69 bits per heavy atom. The number of benzene rings is 2. The third kappa shape index (κ3) is 3.02. The Balaban J connectivity index is 1.88. The van der Waals surface area contributed by atoms with E-state index in [9.17, 15) is 28.2 Å². The van der Waals surface area contributed by atoms with Gasteiger partial charge in [0.05, 0.1) is 17.5 Å². The van der Waals surface area contributed by atoms with Crippen molar-refractivity contribution in [3.8, 4) is 5.75 Å². The van der Waals surface area contributed by atoms with Crippen molar-refractivity contribution < 1.29 is 28.2 Å². The number of aromatic hydroxyl groups is 1. The van der Waals surface area contributed by atoms with Gasteiger partial charge in [0.25, 0.3) is 0 Å². The first-order chi connectivity index (χ1) is 13.5. The van der Waals surface area contributed by atoms with Crippen LogP contribution in [0.1, 0.15) is 42.0 Å². The smallest absolute Gasteiger partial charge is 0.419 e. The van der Waals surface area contributed by atoms with Gasteiger partial charge < -0.3 is 20.8 Å². The Hall–Kier alpha value is -2.45. The van der Waals surface area contributed by atoms with Crippen molar-refractivity contribution in [1.29, 1.82) is 0 Å². The summed E-state index contributed by atoms with van der Waals surface area (Å²) in [4.78, 5) is 11.7. The Morgan fingerprint density at radius 1 is 1.28 bits per heavy atom. The average molecular weight is 427 g/mol. The second-order valence-electron chi connectivity index (χ2n) is 7.56. The van der Waals surface area contributed by atoms with Crippen LogP contribution in [0.2, 0.25) is 5.02 Å². The number of phenols is 1. The molecule has 3 atom stereocenters. The zero-order valence-corrected chi connectivity index (χ0v) is 16.0. The molecule has 0 unspecified atom stereocenters. The number of amides is 1. The highest BCUT2D eigenvalue weighted by Gasteiger charge is 2.62. The van der Waals surface area contributed by atoms with Crippen LogP contribution in [0.5, 0.6) is 5.75 Å². The largest absolute Gasteiger partial charge is 0.506 e. The number of aliphatic hydroxyl groups is 1. The Labute approximate surface area is 169 Å². The van der Waals surface area contributed by atoms with Crippen LogP contribution in [0.4, 0.5) is 24.5 Å². The number of rotatable bonds is 2. The molecule has 0 aromatic heterocycles. The summed E-state index contributed by atoms with van der Waals surface area (Å²) in [5.41, 5.74) is -1.35. The number of hydrogen-bond acceptors (Lipinski definition) is 4. The monoisotopic (exact) mass is 426 g/mol. The van der Waals surface area contributed by atoms with E-state index in [1.807, 2.05) is 0 Å². The van der Waals surface area contributed by atoms with Gasteiger partial charge in [0, 0.05) is 22.5 Å².